The number of nitrogens with zero attached hydrogens (tertiary/aromatic N) is 1. The normalized spacial score (nSPS) is 13.9. The second-order valence-electron chi connectivity index (χ2n) is 4.84. The highest BCUT2D eigenvalue weighted by molar-refractivity contribution is 5.74. The van der Waals surface area contributed by atoms with Gasteiger partial charge in [0.15, 0.2) is 0 Å². The van der Waals surface area contributed by atoms with Crippen LogP contribution in [0.1, 0.15) is 49.7 Å². The van der Waals surface area contributed by atoms with E-state index in [1.54, 1.807) is 0 Å². The molecule has 0 aliphatic rings. The molecule has 0 fully saturated rings. The standard InChI is InChI=1S/C13H23N3O3/c1-8(6-5-7-17)14-13(18)15-9(2)12-10(3)16-19-11(12)4/h8-9,17H,5-7H2,1-4H3,(H2,14,15,18). The van der Waals surface area contributed by atoms with Crippen molar-refractivity contribution >= 4 is 6.03 Å². The van der Waals surface area contributed by atoms with Crippen LogP contribution in [0.4, 0.5) is 4.79 Å². The van der Waals surface area contributed by atoms with Crippen LogP contribution in [0.25, 0.3) is 0 Å². The highest BCUT2D eigenvalue weighted by atomic mass is 16.5. The van der Waals surface area contributed by atoms with Crippen LogP contribution < -0.4 is 10.6 Å². The van der Waals surface area contributed by atoms with Gasteiger partial charge in [0, 0.05) is 18.2 Å². The van der Waals surface area contributed by atoms with Crippen LogP contribution in [0.2, 0.25) is 0 Å². The summed E-state index contributed by atoms with van der Waals surface area (Å²) < 4.78 is 5.08. The topological polar surface area (TPSA) is 87.4 Å². The van der Waals surface area contributed by atoms with Crippen LogP contribution >= 0.6 is 0 Å². The predicted molar refractivity (Wildman–Crippen MR) is 71.8 cm³/mol. The van der Waals surface area contributed by atoms with Gasteiger partial charge >= 0.3 is 6.03 Å². The fourth-order valence-electron chi connectivity index (χ4n) is 2.11. The number of nitrogens with one attached hydrogen (secondary N) is 2. The van der Waals surface area contributed by atoms with E-state index in [1.165, 1.54) is 0 Å². The van der Waals surface area contributed by atoms with Crippen molar-refractivity contribution in [2.24, 2.45) is 0 Å². The maximum atomic E-state index is 11.8. The summed E-state index contributed by atoms with van der Waals surface area (Å²) in [5.41, 5.74) is 1.71. The summed E-state index contributed by atoms with van der Waals surface area (Å²) in [5.74, 6) is 0.721. The molecule has 2 atom stereocenters. The lowest BCUT2D eigenvalue weighted by molar-refractivity contribution is 0.231. The highest BCUT2D eigenvalue weighted by Gasteiger charge is 2.18. The number of aromatic nitrogens is 1. The molecule has 0 aromatic carbocycles. The van der Waals surface area contributed by atoms with Crippen LogP contribution in [0.15, 0.2) is 4.52 Å². The van der Waals surface area contributed by atoms with Crippen LogP contribution in [-0.4, -0.2) is 28.9 Å². The van der Waals surface area contributed by atoms with E-state index in [4.69, 9.17) is 9.63 Å². The zero-order valence-corrected chi connectivity index (χ0v) is 12.0. The first-order valence-electron chi connectivity index (χ1n) is 6.56. The largest absolute Gasteiger partial charge is 0.396 e. The molecule has 108 valence electrons. The Bertz CT molecular complexity index is 398. The molecule has 0 spiro atoms. The van der Waals surface area contributed by atoms with E-state index >= 15 is 0 Å². The lowest BCUT2D eigenvalue weighted by Crippen LogP contribution is -2.42. The molecule has 0 saturated carbocycles. The Labute approximate surface area is 113 Å². The van der Waals surface area contributed by atoms with E-state index in [9.17, 15) is 4.79 Å². The van der Waals surface area contributed by atoms with Crippen molar-refractivity contribution in [1.29, 1.82) is 0 Å². The third kappa shape index (κ3) is 4.55. The zero-order chi connectivity index (χ0) is 14.4. The summed E-state index contributed by atoms with van der Waals surface area (Å²) in [4.78, 5) is 11.8. The Hall–Kier alpha value is -1.56. The fraction of sp³-hybridized carbons (Fsp3) is 0.692. The number of aliphatic hydroxyl groups excluding tert-OH is 1. The summed E-state index contributed by atoms with van der Waals surface area (Å²) in [6.45, 7) is 7.63. The Kier molecular flexibility index (Phi) is 5.82. The highest BCUT2D eigenvalue weighted by Crippen LogP contribution is 2.20. The van der Waals surface area contributed by atoms with Crippen LogP contribution in [0.5, 0.6) is 0 Å². The van der Waals surface area contributed by atoms with Crippen molar-refractivity contribution in [3.8, 4) is 0 Å². The van der Waals surface area contributed by atoms with Gasteiger partial charge in [-0.3, -0.25) is 0 Å². The van der Waals surface area contributed by atoms with Crippen molar-refractivity contribution in [2.75, 3.05) is 6.61 Å². The average Bonchev–Trinajstić information content (AvgIpc) is 2.66. The van der Waals surface area contributed by atoms with Crippen molar-refractivity contribution in [3.05, 3.63) is 17.0 Å². The van der Waals surface area contributed by atoms with Gasteiger partial charge in [-0.1, -0.05) is 5.16 Å². The number of carbonyl (C=O) groups excluding carboxylic acids is 1. The van der Waals surface area contributed by atoms with E-state index in [-0.39, 0.29) is 24.7 Å². The second-order valence-corrected chi connectivity index (χ2v) is 4.84. The van der Waals surface area contributed by atoms with Gasteiger partial charge in [0.2, 0.25) is 0 Å². The van der Waals surface area contributed by atoms with Gasteiger partial charge in [-0.15, -0.1) is 0 Å². The van der Waals surface area contributed by atoms with Crippen molar-refractivity contribution in [3.63, 3.8) is 0 Å². The molecule has 1 aromatic heterocycles. The first kappa shape index (κ1) is 15.5. The lowest BCUT2D eigenvalue weighted by Gasteiger charge is -2.18. The third-order valence-corrected chi connectivity index (χ3v) is 3.04. The minimum atomic E-state index is -0.224. The smallest absolute Gasteiger partial charge is 0.315 e. The SMILES string of the molecule is Cc1noc(C)c1C(C)NC(=O)NC(C)CCCO. The number of hydrogen-bond donors (Lipinski definition) is 3. The van der Waals surface area contributed by atoms with Crippen LogP contribution in [0.3, 0.4) is 0 Å². The summed E-state index contributed by atoms with van der Waals surface area (Å²) in [6.07, 6.45) is 1.44. The minimum Gasteiger partial charge on any atom is -0.396 e. The monoisotopic (exact) mass is 269 g/mol. The number of carbonyl (C=O) groups is 1. The number of aliphatic hydroxyl groups is 1. The maximum Gasteiger partial charge on any atom is 0.315 e. The number of aryl methyl sites for hydroxylation is 2. The molecule has 0 radical (unpaired) electrons. The number of rotatable bonds is 6. The Morgan fingerprint density at radius 2 is 2.05 bits per heavy atom. The molecule has 6 nitrogen and oxygen atoms in total. The first-order chi connectivity index (χ1) is 8.95. The molecule has 19 heavy (non-hydrogen) atoms. The van der Waals surface area contributed by atoms with E-state index in [0.29, 0.717) is 6.42 Å². The molecule has 0 saturated heterocycles. The Balaban J connectivity index is 2.48. The average molecular weight is 269 g/mol. The lowest BCUT2D eigenvalue weighted by atomic mass is 10.1. The summed E-state index contributed by atoms with van der Waals surface area (Å²) in [7, 11) is 0. The molecule has 0 bridgehead atoms. The summed E-state index contributed by atoms with van der Waals surface area (Å²) in [6, 6.07) is -0.349. The van der Waals surface area contributed by atoms with Gasteiger partial charge in [-0.05, 0) is 40.5 Å². The maximum absolute atomic E-state index is 11.8. The van der Waals surface area contributed by atoms with Gasteiger partial charge in [0.05, 0.1) is 11.7 Å². The molecular weight excluding hydrogens is 246 g/mol. The molecular formula is C13H23N3O3. The fourth-order valence-corrected chi connectivity index (χ4v) is 2.11. The van der Waals surface area contributed by atoms with E-state index in [0.717, 1.165) is 23.4 Å². The molecule has 3 N–H and O–H groups in total. The molecule has 1 aromatic rings. The van der Waals surface area contributed by atoms with E-state index < -0.39 is 0 Å². The zero-order valence-electron chi connectivity index (χ0n) is 12.0. The molecule has 1 rings (SSSR count). The Morgan fingerprint density at radius 1 is 1.37 bits per heavy atom. The molecule has 0 aliphatic carbocycles. The van der Waals surface area contributed by atoms with Gasteiger partial charge in [0.25, 0.3) is 0 Å². The number of hydrogen-bond acceptors (Lipinski definition) is 4. The first-order valence-corrected chi connectivity index (χ1v) is 6.56. The predicted octanol–water partition coefficient (Wildman–Crippen LogP) is 1.81. The molecule has 2 unspecified atom stereocenters. The molecule has 6 heteroatoms. The van der Waals surface area contributed by atoms with Gasteiger partial charge in [-0.25, -0.2) is 4.79 Å². The molecule has 1 heterocycles. The van der Waals surface area contributed by atoms with Gasteiger partial charge < -0.3 is 20.3 Å². The molecule has 2 amide bonds. The summed E-state index contributed by atoms with van der Waals surface area (Å²) in [5, 5.41) is 18.3. The van der Waals surface area contributed by atoms with Crippen molar-refractivity contribution < 1.29 is 14.4 Å². The van der Waals surface area contributed by atoms with Crippen LogP contribution in [-0.2, 0) is 0 Å². The number of amides is 2. The third-order valence-electron chi connectivity index (χ3n) is 3.04. The van der Waals surface area contributed by atoms with Gasteiger partial charge in [0.1, 0.15) is 5.76 Å². The quantitative estimate of drug-likeness (QED) is 0.735. The minimum absolute atomic E-state index is 0.0315. The van der Waals surface area contributed by atoms with E-state index in [1.807, 2.05) is 27.7 Å². The van der Waals surface area contributed by atoms with Crippen LogP contribution in [0, 0.1) is 13.8 Å². The summed E-state index contributed by atoms with van der Waals surface area (Å²) >= 11 is 0. The van der Waals surface area contributed by atoms with Gasteiger partial charge in [-0.2, -0.15) is 0 Å². The molecule has 0 aliphatic heterocycles. The van der Waals surface area contributed by atoms with Crippen molar-refractivity contribution in [2.45, 2.75) is 52.6 Å². The number of urea groups is 1. The second kappa shape index (κ2) is 7.13. The van der Waals surface area contributed by atoms with Crippen molar-refractivity contribution in [1.82, 2.24) is 15.8 Å². The van der Waals surface area contributed by atoms with E-state index in [2.05, 4.69) is 15.8 Å². The Morgan fingerprint density at radius 3 is 2.58 bits per heavy atom.